The van der Waals surface area contributed by atoms with Crippen molar-refractivity contribution in [3.05, 3.63) is 0 Å². The molecular weight excluding hydrogens is 120 g/mol. The summed E-state index contributed by atoms with van der Waals surface area (Å²) < 4.78 is 10.4. The lowest BCUT2D eigenvalue weighted by Gasteiger charge is -2.08. The molecule has 0 amide bonds. The first-order valence-electron chi connectivity index (χ1n) is 3.29. The van der Waals surface area contributed by atoms with Gasteiger partial charge in [0.15, 0.2) is 0 Å². The lowest BCUT2D eigenvalue weighted by Crippen LogP contribution is -2.26. The number of ether oxygens (including phenoxy) is 2. The van der Waals surface area contributed by atoms with Gasteiger partial charge in [0.1, 0.15) is 12.2 Å². The molecular formula is C6H10O3. The zero-order valence-electron chi connectivity index (χ0n) is 5.12. The highest BCUT2D eigenvalue weighted by atomic mass is 16.6. The summed E-state index contributed by atoms with van der Waals surface area (Å²) in [6.45, 7) is 1.20. The zero-order valence-corrected chi connectivity index (χ0v) is 5.12. The van der Waals surface area contributed by atoms with E-state index in [-0.39, 0.29) is 18.3 Å². The first-order valence-corrected chi connectivity index (χ1v) is 3.29. The maximum absolute atomic E-state index is 9.15. The van der Waals surface area contributed by atoms with Crippen molar-refractivity contribution in [2.75, 3.05) is 13.2 Å². The van der Waals surface area contributed by atoms with Crippen molar-refractivity contribution in [1.29, 1.82) is 0 Å². The monoisotopic (exact) mass is 130 g/mol. The molecule has 2 saturated heterocycles. The second-order valence-electron chi connectivity index (χ2n) is 2.56. The maximum Gasteiger partial charge on any atom is 0.112 e. The van der Waals surface area contributed by atoms with Crippen LogP contribution in [-0.2, 0) is 9.47 Å². The molecule has 2 rings (SSSR count). The third kappa shape index (κ3) is 0.764. The Labute approximate surface area is 53.6 Å². The molecule has 2 aliphatic heterocycles. The number of aliphatic hydroxyl groups is 1. The maximum atomic E-state index is 9.15. The number of aliphatic hydroxyl groups excluding tert-OH is 1. The molecule has 2 fully saturated rings. The highest BCUT2D eigenvalue weighted by Crippen LogP contribution is 2.25. The van der Waals surface area contributed by atoms with Crippen LogP contribution in [0.3, 0.4) is 0 Å². The van der Waals surface area contributed by atoms with Gasteiger partial charge in [0.25, 0.3) is 0 Å². The second-order valence-corrected chi connectivity index (χ2v) is 2.56. The molecule has 2 aliphatic rings. The van der Waals surface area contributed by atoms with Gasteiger partial charge < -0.3 is 14.6 Å². The molecule has 0 aromatic heterocycles. The smallest absolute Gasteiger partial charge is 0.112 e. The van der Waals surface area contributed by atoms with Crippen LogP contribution in [0.4, 0.5) is 0 Å². The minimum Gasteiger partial charge on any atom is -0.388 e. The van der Waals surface area contributed by atoms with E-state index in [0.717, 1.165) is 13.0 Å². The highest BCUT2D eigenvalue weighted by Gasteiger charge is 2.40. The van der Waals surface area contributed by atoms with E-state index in [0.29, 0.717) is 6.61 Å². The average molecular weight is 130 g/mol. The number of hydrogen-bond donors (Lipinski definition) is 1. The largest absolute Gasteiger partial charge is 0.388 e. The standard InChI is InChI=1S/C6H10O3/c7-4-3-9-5-1-2-8-6(4)5/h4-7H,1-3H2/t4-,5?,6?/m1/s1. The van der Waals surface area contributed by atoms with Gasteiger partial charge in [-0.05, 0) is 6.42 Å². The summed E-state index contributed by atoms with van der Waals surface area (Å²) in [7, 11) is 0. The van der Waals surface area contributed by atoms with E-state index in [1.54, 1.807) is 0 Å². The molecule has 1 N–H and O–H groups in total. The summed E-state index contributed by atoms with van der Waals surface area (Å²) in [6, 6.07) is 0. The van der Waals surface area contributed by atoms with Gasteiger partial charge in [0, 0.05) is 6.61 Å². The minimum absolute atomic E-state index is 0.0231. The molecule has 9 heavy (non-hydrogen) atoms. The predicted molar refractivity (Wildman–Crippen MR) is 30.1 cm³/mol. The average Bonchev–Trinajstić information content (AvgIpc) is 2.35. The lowest BCUT2D eigenvalue weighted by atomic mass is 10.1. The van der Waals surface area contributed by atoms with Gasteiger partial charge >= 0.3 is 0 Å². The van der Waals surface area contributed by atoms with Crippen LogP contribution in [0, 0.1) is 0 Å². The van der Waals surface area contributed by atoms with Crippen LogP contribution in [0.1, 0.15) is 6.42 Å². The fourth-order valence-corrected chi connectivity index (χ4v) is 1.45. The number of rotatable bonds is 0. The summed E-state index contributed by atoms with van der Waals surface area (Å²) in [6.07, 6.45) is 0.726. The van der Waals surface area contributed by atoms with Crippen molar-refractivity contribution in [3.8, 4) is 0 Å². The van der Waals surface area contributed by atoms with E-state index < -0.39 is 0 Å². The second kappa shape index (κ2) is 1.94. The van der Waals surface area contributed by atoms with Gasteiger partial charge in [-0.15, -0.1) is 0 Å². The van der Waals surface area contributed by atoms with Gasteiger partial charge in [-0.1, -0.05) is 0 Å². The third-order valence-corrected chi connectivity index (χ3v) is 1.94. The van der Waals surface area contributed by atoms with Crippen LogP contribution in [0.25, 0.3) is 0 Å². The van der Waals surface area contributed by atoms with E-state index in [9.17, 15) is 0 Å². The van der Waals surface area contributed by atoms with E-state index >= 15 is 0 Å². The van der Waals surface area contributed by atoms with Crippen molar-refractivity contribution >= 4 is 0 Å². The van der Waals surface area contributed by atoms with Crippen LogP contribution in [-0.4, -0.2) is 36.6 Å². The third-order valence-electron chi connectivity index (χ3n) is 1.94. The Balaban J connectivity index is 2.07. The van der Waals surface area contributed by atoms with Crippen molar-refractivity contribution < 1.29 is 14.6 Å². The van der Waals surface area contributed by atoms with E-state index in [1.165, 1.54) is 0 Å². The van der Waals surface area contributed by atoms with Gasteiger partial charge in [-0.3, -0.25) is 0 Å². The summed E-state index contributed by atoms with van der Waals surface area (Å²) in [5.74, 6) is 0. The summed E-state index contributed by atoms with van der Waals surface area (Å²) in [5.41, 5.74) is 0. The molecule has 0 radical (unpaired) electrons. The Kier molecular flexibility index (Phi) is 1.22. The van der Waals surface area contributed by atoms with Crippen LogP contribution >= 0.6 is 0 Å². The first-order chi connectivity index (χ1) is 4.38. The lowest BCUT2D eigenvalue weighted by molar-refractivity contribution is 0.0187. The fourth-order valence-electron chi connectivity index (χ4n) is 1.45. The summed E-state index contributed by atoms with van der Waals surface area (Å²) in [5, 5.41) is 9.15. The highest BCUT2D eigenvalue weighted by molar-refractivity contribution is 4.88. The molecule has 0 aromatic carbocycles. The molecule has 0 aliphatic carbocycles. The molecule has 3 nitrogen and oxygen atoms in total. The minimum atomic E-state index is -0.377. The molecule has 2 unspecified atom stereocenters. The Bertz CT molecular complexity index is 115. The zero-order chi connectivity index (χ0) is 6.27. The Morgan fingerprint density at radius 3 is 3.00 bits per heavy atom. The molecule has 3 atom stereocenters. The van der Waals surface area contributed by atoms with E-state index in [1.807, 2.05) is 0 Å². The topological polar surface area (TPSA) is 38.7 Å². The Morgan fingerprint density at radius 1 is 1.33 bits per heavy atom. The molecule has 3 heteroatoms. The van der Waals surface area contributed by atoms with Crippen molar-refractivity contribution in [2.24, 2.45) is 0 Å². The molecule has 0 spiro atoms. The molecule has 0 saturated carbocycles. The first kappa shape index (κ1) is 5.65. The molecule has 0 bridgehead atoms. The van der Waals surface area contributed by atoms with Crippen molar-refractivity contribution in [2.45, 2.75) is 24.7 Å². The fraction of sp³-hybridized carbons (Fsp3) is 1.00. The number of hydrogen-bond acceptors (Lipinski definition) is 3. The number of fused-ring (bicyclic) bond motifs is 1. The van der Waals surface area contributed by atoms with Gasteiger partial charge in [-0.25, -0.2) is 0 Å². The van der Waals surface area contributed by atoms with Crippen LogP contribution < -0.4 is 0 Å². The van der Waals surface area contributed by atoms with Crippen LogP contribution in [0.15, 0.2) is 0 Å². The molecule has 52 valence electrons. The van der Waals surface area contributed by atoms with Crippen LogP contribution in [0.5, 0.6) is 0 Å². The summed E-state index contributed by atoms with van der Waals surface area (Å²) >= 11 is 0. The normalized spacial score (nSPS) is 49.7. The van der Waals surface area contributed by atoms with Gasteiger partial charge in [0.05, 0.1) is 12.7 Å². The quantitative estimate of drug-likeness (QED) is 0.482. The van der Waals surface area contributed by atoms with Gasteiger partial charge in [0.2, 0.25) is 0 Å². The molecule has 2 heterocycles. The predicted octanol–water partition coefficient (Wildman–Crippen LogP) is -0.465. The van der Waals surface area contributed by atoms with Crippen molar-refractivity contribution in [3.63, 3.8) is 0 Å². The molecule has 0 aromatic rings. The summed E-state index contributed by atoms with van der Waals surface area (Å²) in [4.78, 5) is 0. The Morgan fingerprint density at radius 2 is 2.22 bits per heavy atom. The SMILES string of the molecule is O[C@@H]1COC2CCOC21. The van der Waals surface area contributed by atoms with Gasteiger partial charge in [-0.2, -0.15) is 0 Å². The van der Waals surface area contributed by atoms with E-state index in [2.05, 4.69) is 0 Å². The Hall–Kier alpha value is -0.120. The van der Waals surface area contributed by atoms with E-state index in [4.69, 9.17) is 14.6 Å². The van der Waals surface area contributed by atoms with Crippen LogP contribution in [0.2, 0.25) is 0 Å². The van der Waals surface area contributed by atoms with Crippen molar-refractivity contribution in [1.82, 2.24) is 0 Å².